The Labute approximate surface area is 167 Å². The Morgan fingerprint density at radius 3 is 2.18 bits per heavy atom. The van der Waals surface area contributed by atoms with Crippen molar-refractivity contribution in [2.24, 2.45) is 5.92 Å². The van der Waals surface area contributed by atoms with Gasteiger partial charge in [0.2, 0.25) is 5.91 Å². The minimum atomic E-state index is -0.0353. The molecule has 1 saturated heterocycles. The van der Waals surface area contributed by atoms with Crippen molar-refractivity contribution >= 4 is 11.8 Å². The quantitative estimate of drug-likeness (QED) is 0.830. The molecule has 0 unspecified atom stereocenters. The Balaban J connectivity index is 1.45. The van der Waals surface area contributed by atoms with Gasteiger partial charge in [-0.2, -0.15) is 0 Å². The van der Waals surface area contributed by atoms with Crippen molar-refractivity contribution in [1.29, 1.82) is 0 Å². The normalized spacial score (nSPS) is 14.9. The monoisotopic (exact) mass is 378 g/mol. The maximum atomic E-state index is 12.6. The molecule has 1 heterocycles. The van der Waals surface area contributed by atoms with Crippen molar-refractivity contribution in [3.05, 3.63) is 71.3 Å². The van der Waals surface area contributed by atoms with Crippen LogP contribution in [0.5, 0.6) is 0 Å². The summed E-state index contributed by atoms with van der Waals surface area (Å²) in [6.45, 7) is 5.82. The largest absolute Gasteiger partial charge is 0.349 e. The van der Waals surface area contributed by atoms with E-state index in [1.807, 2.05) is 35.2 Å². The fourth-order valence-corrected chi connectivity index (χ4v) is 3.68. The molecule has 2 aromatic rings. The minimum absolute atomic E-state index is 0.0353. The van der Waals surface area contributed by atoms with Crippen LogP contribution in [0.3, 0.4) is 0 Å². The van der Waals surface area contributed by atoms with E-state index in [1.54, 1.807) is 0 Å². The van der Waals surface area contributed by atoms with Gasteiger partial charge in [0.25, 0.3) is 5.91 Å². The molecule has 3 rings (SSSR count). The molecule has 2 aromatic carbocycles. The van der Waals surface area contributed by atoms with Gasteiger partial charge in [0.05, 0.1) is 6.42 Å². The lowest BCUT2D eigenvalue weighted by molar-refractivity contribution is -0.131. The van der Waals surface area contributed by atoms with Crippen LogP contribution in [0.4, 0.5) is 0 Å². The van der Waals surface area contributed by atoms with E-state index < -0.39 is 0 Å². The number of benzene rings is 2. The molecule has 28 heavy (non-hydrogen) atoms. The van der Waals surface area contributed by atoms with Crippen molar-refractivity contribution < 1.29 is 9.59 Å². The third kappa shape index (κ3) is 5.69. The molecule has 1 aliphatic heterocycles. The van der Waals surface area contributed by atoms with Gasteiger partial charge in [0.15, 0.2) is 0 Å². The van der Waals surface area contributed by atoms with Gasteiger partial charge < -0.3 is 10.2 Å². The smallest absolute Gasteiger partial charge is 0.251 e. The number of likely N-dealkylation sites (tertiary alicyclic amines) is 1. The molecule has 1 fully saturated rings. The van der Waals surface area contributed by atoms with Crippen molar-refractivity contribution in [3.63, 3.8) is 0 Å². The fourth-order valence-electron chi connectivity index (χ4n) is 3.68. The number of amides is 2. The SMILES string of the molecule is CC(C)Cc1ccc(CC(=O)N2CCC(NC(=O)c3ccccc3)CC2)cc1. The first kappa shape index (κ1) is 20.1. The van der Waals surface area contributed by atoms with E-state index in [0.29, 0.717) is 31.0 Å². The van der Waals surface area contributed by atoms with E-state index in [-0.39, 0.29) is 17.9 Å². The molecule has 1 aliphatic rings. The van der Waals surface area contributed by atoms with Crippen molar-refractivity contribution in [3.8, 4) is 0 Å². The summed E-state index contributed by atoms with van der Waals surface area (Å²) in [6.07, 6.45) is 3.12. The molecule has 4 heteroatoms. The van der Waals surface area contributed by atoms with Gasteiger partial charge in [-0.15, -0.1) is 0 Å². The number of rotatable bonds is 6. The van der Waals surface area contributed by atoms with Gasteiger partial charge in [0, 0.05) is 24.7 Å². The van der Waals surface area contributed by atoms with E-state index in [0.717, 1.165) is 24.8 Å². The molecule has 0 saturated carbocycles. The first-order chi connectivity index (χ1) is 13.5. The zero-order chi connectivity index (χ0) is 19.9. The molecule has 0 atom stereocenters. The molecule has 148 valence electrons. The number of hydrogen-bond acceptors (Lipinski definition) is 2. The Morgan fingerprint density at radius 2 is 1.57 bits per heavy atom. The summed E-state index contributed by atoms with van der Waals surface area (Å²) in [6, 6.07) is 17.8. The van der Waals surface area contributed by atoms with Crippen LogP contribution in [0.25, 0.3) is 0 Å². The molecule has 1 N–H and O–H groups in total. The van der Waals surface area contributed by atoms with Crippen LogP contribution in [0, 0.1) is 5.92 Å². The summed E-state index contributed by atoms with van der Waals surface area (Å²) < 4.78 is 0. The number of piperidine rings is 1. The summed E-state index contributed by atoms with van der Waals surface area (Å²) in [5.41, 5.74) is 3.07. The number of hydrogen-bond donors (Lipinski definition) is 1. The predicted molar refractivity (Wildman–Crippen MR) is 112 cm³/mol. The van der Waals surface area contributed by atoms with Crippen LogP contribution in [0.2, 0.25) is 0 Å². The van der Waals surface area contributed by atoms with Crippen LogP contribution in [-0.2, 0) is 17.6 Å². The first-order valence-corrected chi connectivity index (χ1v) is 10.2. The highest BCUT2D eigenvalue weighted by Gasteiger charge is 2.24. The van der Waals surface area contributed by atoms with E-state index in [9.17, 15) is 9.59 Å². The summed E-state index contributed by atoms with van der Waals surface area (Å²) in [5, 5.41) is 3.09. The maximum absolute atomic E-state index is 12.6. The van der Waals surface area contributed by atoms with Gasteiger partial charge in [-0.05, 0) is 48.4 Å². The van der Waals surface area contributed by atoms with Crippen molar-refractivity contribution in [2.45, 2.75) is 45.6 Å². The Hall–Kier alpha value is -2.62. The molecule has 0 spiro atoms. The van der Waals surface area contributed by atoms with Crippen LogP contribution in [0.15, 0.2) is 54.6 Å². The summed E-state index contributed by atoms with van der Waals surface area (Å²) in [7, 11) is 0. The topological polar surface area (TPSA) is 49.4 Å². The Morgan fingerprint density at radius 1 is 0.964 bits per heavy atom. The second-order valence-electron chi connectivity index (χ2n) is 8.09. The standard InChI is InChI=1S/C24H30N2O2/c1-18(2)16-19-8-10-20(11-9-19)17-23(27)26-14-12-22(13-15-26)25-24(28)21-6-4-3-5-7-21/h3-11,18,22H,12-17H2,1-2H3,(H,25,28). The molecule has 2 amide bonds. The average Bonchev–Trinajstić information content (AvgIpc) is 2.70. The zero-order valence-electron chi connectivity index (χ0n) is 16.9. The summed E-state index contributed by atoms with van der Waals surface area (Å²) in [4.78, 5) is 26.8. The number of carbonyl (C=O) groups excluding carboxylic acids is 2. The highest BCUT2D eigenvalue weighted by Crippen LogP contribution is 2.15. The zero-order valence-corrected chi connectivity index (χ0v) is 16.9. The third-order valence-corrected chi connectivity index (χ3v) is 5.24. The van der Waals surface area contributed by atoms with Crippen LogP contribution < -0.4 is 5.32 Å². The van der Waals surface area contributed by atoms with Crippen molar-refractivity contribution in [2.75, 3.05) is 13.1 Å². The summed E-state index contributed by atoms with van der Waals surface area (Å²) >= 11 is 0. The van der Waals surface area contributed by atoms with Gasteiger partial charge >= 0.3 is 0 Å². The van der Waals surface area contributed by atoms with Crippen LogP contribution >= 0.6 is 0 Å². The Bertz CT molecular complexity index is 776. The molecule has 0 aromatic heterocycles. The minimum Gasteiger partial charge on any atom is -0.349 e. The average molecular weight is 379 g/mol. The number of nitrogens with one attached hydrogen (secondary N) is 1. The van der Waals surface area contributed by atoms with E-state index in [1.165, 1.54) is 5.56 Å². The van der Waals surface area contributed by atoms with Gasteiger partial charge in [-0.3, -0.25) is 9.59 Å². The molecule has 0 radical (unpaired) electrons. The Kier molecular flexibility index (Phi) is 6.85. The number of carbonyl (C=O) groups is 2. The lowest BCUT2D eigenvalue weighted by Crippen LogP contribution is -2.46. The number of nitrogens with zero attached hydrogens (tertiary/aromatic N) is 1. The second-order valence-corrected chi connectivity index (χ2v) is 8.09. The first-order valence-electron chi connectivity index (χ1n) is 10.2. The molecular formula is C24H30N2O2. The highest BCUT2D eigenvalue weighted by atomic mass is 16.2. The summed E-state index contributed by atoms with van der Waals surface area (Å²) in [5.74, 6) is 0.771. The van der Waals surface area contributed by atoms with E-state index in [2.05, 4.69) is 43.4 Å². The van der Waals surface area contributed by atoms with Crippen LogP contribution in [0.1, 0.15) is 48.2 Å². The predicted octanol–water partition coefficient (Wildman–Crippen LogP) is 3.85. The lowest BCUT2D eigenvalue weighted by atomic mass is 10.00. The highest BCUT2D eigenvalue weighted by molar-refractivity contribution is 5.94. The lowest BCUT2D eigenvalue weighted by Gasteiger charge is -2.32. The molecule has 4 nitrogen and oxygen atoms in total. The van der Waals surface area contributed by atoms with Gasteiger partial charge in [-0.25, -0.2) is 0 Å². The molecule has 0 bridgehead atoms. The van der Waals surface area contributed by atoms with E-state index in [4.69, 9.17) is 0 Å². The third-order valence-electron chi connectivity index (χ3n) is 5.24. The molecule has 0 aliphatic carbocycles. The maximum Gasteiger partial charge on any atom is 0.251 e. The molecular weight excluding hydrogens is 348 g/mol. The second kappa shape index (κ2) is 9.54. The van der Waals surface area contributed by atoms with Crippen molar-refractivity contribution in [1.82, 2.24) is 10.2 Å². The van der Waals surface area contributed by atoms with Gasteiger partial charge in [0.1, 0.15) is 0 Å². The van der Waals surface area contributed by atoms with Gasteiger partial charge in [-0.1, -0.05) is 56.3 Å². The fraction of sp³-hybridized carbons (Fsp3) is 0.417. The van der Waals surface area contributed by atoms with Crippen LogP contribution in [-0.4, -0.2) is 35.8 Å². The van der Waals surface area contributed by atoms with E-state index >= 15 is 0 Å².